The van der Waals surface area contributed by atoms with Gasteiger partial charge in [-0.3, -0.25) is 18.6 Å². The number of hydrogen-bond acceptors (Lipinski definition) is 7. The second-order valence-electron chi connectivity index (χ2n) is 7.44. The number of benzene rings is 1. The Morgan fingerprint density at radius 1 is 1.30 bits per heavy atom. The number of rotatable bonds is 6. The summed E-state index contributed by atoms with van der Waals surface area (Å²) < 4.78 is 26.8. The molecule has 9 nitrogen and oxygen atoms in total. The van der Waals surface area contributed by atoms with Crippen LogP contribution in [0.4, 0.5) is 0 Å². The van der Waals surface area contributed by atoms with Gasteiger partial charge in [-0.1, -0.05) is 30.8 Å². The van der Waals surface area contributed by atoms with Crippen molar-refractivity contribution < 1.29 is 13.2 Å². The number of nitrogens with zero attached hydrogens (tertiary/aromatic N) is 5. The molecule has 4 rings (SSSR count). The predicted molar refractivity (Wildman–Crippen MR) is 116 cm³/mol. The van der Waals surface area contributed by atoms with Crippen LogP contribution in [0.3, 0.4) is 0 Å². The van der Waals surface area contributed by atoms with Crippen molar-refractivity contribution in [2.24, 2.45) is 0 Å². The molecule has 0 bridgehead atoms. The molecule has 1 atom stereocenters. The molecule has 1 fully saturated rings. The molecule has 2 aromatic heterocycles. The molecule has 1 unspecified atom stereocenters. The lowest BCUT2D eigenvalue weighted by Crippen LogP contribution is -2.38. The molecule has 160 valence electrons. The van der Waals surface area contributed by atoms with Gasteiger partial charge in [0.15, 0.2) is 15.0 Å². The lowest BCUT2D eigenvalue weighted by molar-refractivity contribution is -0.128. The Kier molecular flexibility index (Phi) is 5.58. The molecule has 1 aromatic carbocycles. The minimum atomic E-state index is -3.06. The van der Waals surface area contributed by atoms with Crippen LogP contribution in [0.5, 0.6) is 0 Å². The highest BCUT2D eigenvalue weighted by atomic mass is 32.2. The minimum absolute atomic E-state index is 0.0156. The van der Waals surface area contributed by atoms with Crippen LogP contribution in [0.2, 0.25) is 0 Å². The molecule has 0 N–H and O–H groups in total. The van der Waals surface area contributed by atoms with E-state index >= 15 is 0 Å². The first-order valence-corrected chi connectivity index (χ1v) is 12.6. The van der Waals surface area contributed by atoms with Crippen LogP contribution >= 0.6 is 11.8 Å². The fourth-order valence-electron chi connectivity index (χ4n) is 3.76. The molecule has 1 aliphatic rings. The van der Waals surface area contributed by atoms with Gasteiger partial charge in [0.05, 0.1) is 28.2 Å². The van der Waals surface area contributed by atoms with Crippen molar-refractivity contribution in [3.05, 3.63) is 34.6 Å². The summed E-state index contributed by atoms with van der Waals surface area (Å²) in [6, 6.07) is 6.99. The second-order valence-corrected chi connectivity index (χ2v) is 10.6. The largest absolute Gasteiger partial charge is 0.341 e. The van der Waals surface area contributed by atoms with Gasteiger partial charge in [-0.2, -0.15) is 0 Å². The van der Waals surface area contributed by atoms with Crippen LogP contribution in [0.25, 0.3) is 16.7 Å². The molecule has 0 radical (unpaired) electrons. The van der Waals surface area contributed by atoms with Crippen LogP contribution < -0.4 is 5.56 Å². The van der Waals surface area contributed by atoms with E-state index in [0.29, 0.717) is 34.8 Å². The van der Waals surface area contributed by atoms with Crippen LogP contribution in [0.1, 0.15) is 19.8 Å². The zero-order valence-corrected chi connectivity index (χ0v) is 18.4. The standard InChI is InChI=1S/C19H23N5O4S2/c1-3-9-23-17(26)14-6-4-5-7-15(14)24-18(23)20-21-19(24)29-11-16(25)22(2)13-8-10-30(27,28)12-13/h4-7,13H,3,8-12H2,1-2H3. The molecule has 1 amide bonds. The number of carbonyl (C=O) groups excluding carboxylic acids is 1. The maximum atomic E-state index is 12.9. The van der Waals surface area contributed by atoms with E-state index in [4.69, 9.17) is 0 Å². The third-order valence-electron chi connectivity index (χ3n) is 5.40. The van der Waals surface area contributed by atoms with Gasteiger partial charge >= 0.3 is 0 Å². The second kappa shape index (κ2) is 8.03. The third-order valence-corrected chi connectivity index (χ3v) is 8.06. The summed E-state index contributed by atoms with van der Waals surface area (Å²) in [7, 11) is -1.42. The first-order valence-electron chi connectivity index (χ1n) is 9.78. The molecule has 1 aliphatic heterocycles. The van der Waals surface area contributed by atoms with Crippen molar-refractivity contribution in [3.8, 4) is 0 Å². The Morgan fingerprint density at radius 2 is 2.07 bits per heavy atom. The van der Waals surface area contributed by atoms with Crippen molar-refractivity contribution in [2.75, 3.05) is 24.3 Å². The monoisotopic (exact) mass is 449 g/mol. The Morgan fingerprint density at radius 3 is 2.77 bits per heavy atom. The molecule has 0 spiro atoms. The van der Waals surface area contributed by atoms with Gasteiger partial charge in [0.2, 0.25) is 11.7 Å². The van der Waals surface area contributed by atoms with Gasteiger partial charge < -0.3 is 4.90 Å². The van der Waals surface area contributed by atoms with E-state index in [1.807, 2.05) is 29.5 Å². The van der Waals surface area contributed by atoms with E-state index in [1.54, 1.807) is 17.7 Å². The topological polar surface area (TPSA) is 107 Å². The molecule has 0 aliphatic carbocycles. The van der Waals surface area contributed by atoms with E-state index < -0.39 is 9.84 Å². The van der Waals surface area contributed by atoms with Crippen molar-refractivity contribution in [1.82, 2.24) is 24.1 Å². The predicted octanol–water partition coefficient (Wildman–Crippen LogP) is 1.19. The number of para-hydroxylation sites is 1. The number of aryl methyl sites for hydroxylation is 1. The fraction of sp³-hybridized carbons (Fsp3) is 0.474. The molecule has 3 aromatic rings. The Hall–Kier alpha value is -2.40. The number of fused-ring (bicyclic) bond motifs is 3. The van der Waals surface area contributed by atoms with Gasteiger partial charge in [0.25, 0.3) is 5.56 Å². The summed E-state index contributed by atoms with van der Waals surface area (Å²) in [6.45, 7) is 2.51. The maximum Gasteiger partial charge on any atom is 0.262 e. The maximum absolute atomic E-state index is 12.9. The molecule has 1 saturated heterocycles. The van der Waals surface area contributed by atoms with Crippen molar-refractivity contribution in [1.29, 1.82) is 0 Å². The Labute approximate surface area is 178 Å². The molecule has 3 heterocycles. The average Bonchev–Trinajstić information content (AvgIpc) is 3.31. The van der Waals surface area contributed by atoms with E-state index in [2.05, 4.69) is 10.2 Å². The zero-order chi connectivity index (χ0) is 21.5. The highest BCUT2D eigenvalue weighted by Crippen LogP contribution is 2.23. The summed E-state index contributed by atoms with van der Waals surface area (Å²) in [5, 5.41) is 9.54. The average molecular weight is 450 g/mol. The van der Waals surface area contributed by atoms with Crippen LogP contribution in [0.15, 0.2) is 34.2 Å². The van der Waals surface area contributed by atoms with Crippen molar-refractivity contribution in [3.63, 3.8) is 0 Å². The van der Waals surface area contributed by atoms with E-state index in [9.17, 15) is 18.0 Å². The lowest BCUT2D eigenvalue weighted by Gasteiger charge is -2.23. The first-order chi connectivity index (χ1) is 14.3. The highest BCUT2D eigenvalue weighted by Gasteiger charge is 2.32. The lowest BCUT2D eigenvalue weighted by atomic mass is 10.2. The number of aromatic nitrogens is 4. The van der Waals surface area contributed by atoms with Gasteiger partial charge in [0.1, 0.15) is 0 Å². The fourth-order valence-corrected chi connectivity index (χ4v) is 6.40. The van der Waals surface area contributed by atoms with Crippen LogP contribution in [-0.4, -0.2) is 68.7 Å². The SMILES string of the molecule is CCCn1c(=O)c2ccccc2n2c(SCC(=O)N(C)C3CCS(=O)(=O)C3)nnc12. The third kappa shape index (κ3) is 3.71. The molecular formula is C19H23N5O4S2. The van der Waals surface area contributed by atoms with Gasteiger partial charge in [-0.25, -0.2) is 8.42 Å². The van der Waals surface area contributed by atoms with Gasteiger partial charge in [-0.05, 0) is 25.0 Å². The number of thioether (sulfide) groups is 1. The van der Waals surface area contributed by atoms with E-state index in [0.717, 1.165) is 6.42 Å². The summed E-state index contributed by atoms with van der Waals surface area (Å²) in [4.78, 5) is 27.0. The number of sulfone groups is 1. The minimum Gasteiger partial charge on any atom is -0.341 e. The van der Waals surface area contributed by atoms with Gasteiger partial charge in [0, 0.05) is 19.6 Å². The van der Waals surface area contributed by atoms with E-state index in [-0.39, 0.29) is 34.8 Å². The van der Waals surface area contributed by atoms with Gasteiger partial charge in [-0.15, -0.1) is 10.2 Å². The molecule has 30 heavy (non-hydrogen) atoms. The smallest absolute Gasteiger partial charge is 0.262 e. The first kappa shape index (κ1) is 20.9. The summed E-state index contributed by atoms with van der Waals surface area (Å²) in [5.41, 5.74) is 0.585. The van der Waals surface area contributed by atoms with E-state index in [1.165, 1.54) is 16.7 Å². The van der Waals surface area contributed by atoms with Crippen molar-refractivity contribution in [2.45, 2.75) is 37.5 Å². The normalized spacial score (nSPS) is 18.3. The Balaban J connectivity index is 1.64. The number of carbonyl (C=O) groups is 1. The molecule has 11 heteroatoms. The summed E-state index contributed by atoms with van der Waals surface area (Å²) >= 11 is 1.23. The zero-order valence-electron chi connectivity index (χ0n) is 16.8. The molecular weight excluding hydrogens is 426 g/mol. The number of hydrogen-bond donors (Lipinski definition) is 0. The Bertz CT molecular complexity index is 1280. The highest BCUT2D eigenvalue weighted by molar-refractivity contribution is 7.99. The quantitative estimate of drug-likeness (QED) is 0.520. The van der Waals surface area contributed by atoms with Crippen molar-refractivity contribution >= 4 is 44.2 Å². The van der Waals surface area contributed by atoms with Crippen LogP contribution in [-0.2, 0) is 21.2 Å². The summed E-state index contributed by atoms with van der Waals surface area (Å²) in [5.74, 6) is 0.533. The number of amides is 1. The summed E-state index contributed by atoms with van der Waals surface area (Å²) in [6.07, 6.45) is 1.24. The molecule has 0 saturated carbocycles. The van der Waals surface area contributed by atoms with Crippen LogP contribution in [0, 0.1) is 0 Å².